The molecule has 2 aromatic carbocycles. The third-order valence-corrected chi connectivity index (χ3v) is 8.38. The molecule has 0 atom stereocenters. The lowest BCUT2D eigenvalue weighted by atomic mass is 9.79. The number of fused-ring (bicyclic) bond motifs is 1. The Balaban J connectivity index is 1.45. The molecular weight excluding hydrogens is 480 g/mol. The van der Waals surface area contributed by atoms with Crippen LogP contribution >= 0.6 is 0 Å². The zero-order valence-electron chi connectivity index (χ0n) is 24.1. The molecule has 2 aromatic rings. The van der Waals surface area contributed by atoms with E-state index in [1.54, 1.807) is 17.2 Å². The van der Waals surface area contributed by atoms with Gasteiger partial charge in [-0.25, -0.2) is 0 Å². The van der Waals surface area contributed by atoms with Crippen molar-refractivity contribution in [1.29, 1.82) is 0 Å². The molecule has 4 rings (SSSR count). The Morgan fingerprint density at radius 2 is 1.05 bits per heavy atom. The van der Waals surface area contributed by atoms with Crippen molar-refractivity contribution in [3.05, 3.63) is 47.5 Å². The van der Waals surface area contributed by atoms with E-state index in [2.05, 4.69) is 10.6 Å². The van der Waals surface area contributed by atoms with Crippen molar-refractivity contribution in [3.8, 4) is 0 Å². The van der Waals surface area contributed by atoms with Crippen molar-refractivity contribution in [2.75, 3.05) is 0 Å². The Morgan fingerprint density at radius 1 is 0.711 bits per heavy atom. The first-order valence-corrected chi connectivity index (χ1v) is 13.6. The van der Waals surface area contributed by atoms with Crippen LogP contribution in [0, 0.1) is 0 Å². The molecule has 0 radical (unpaired) electrons. The second kappa shape index (κ2) is 9.59. The van der Waals surface area contributed by atoms with Gasteiger partial charge in [-0.05, 0) is 116 Å². The van der Waals surface area contributed by atoms with Crippen LogP contribution in [0.25, 0.3) is 10.8 Å². The zero-order valence-corrected chi connectivity index (χ0v) is 24.1. The van der Waals surface area contributed by atoms with Gasteiger partial charge in [0, 0.05) is 34.3 Å². The highest BCUT2D eigenvalue weighted by molar-refractivity contribution is 6.02. The molecule has 0 saturated carbocycles. The van der Waals surface area contributed by atoms with Crippen molar-refractivity contribution in [1.82, 2.24) is 20.8 Å². The quantitative estimate of drug-likeness (QED) is 0.514. The van der Waals surface area contributed by atoms with Crippen LogP contribution in [0.3, 0.4) is 0 Å². The second-order valence-electron chi connectivity index (χ2n) is 13.8. The van der Waals surface area contributed by atoms with Gasteiger partial charge in [-0.2, -0.15) is 5.06 Å². The van der Waals surface area contributed by atoms with Crippen LogP contribution in [-0.2, 0) is 0 Å². The molecule has 0 spiro atoms. The lowest BCUT2D eigenvalue weighted by Crippen LogP contribution is -2.62. The number of hydrogen-bond donors (Lipinski definition) is 3. The predicted octanol–water partition coefficient (Wildman–Crippen LogP) is 4.37. The number of hydrogen-bond acceptors (Lipinski definition) is 5. The van der Waals surface area contributed by atoms with Crippen LogP contribution in [0.5, 0.6) is 0 Å². The maximum absolute atomic E-state index is 13.1. The second-order valence-corrected chi connectivity index (χ2v) is 13.8. The first-order valence-electron chi connectivity index (χ1n) is 13.6. The third-order valence-electron chi connectivity index (χ3n) is 8.38. The summed E-state index contributed by atoms with van der Waals surface area (Å²) in [6.07, 6.45) is 2.73. The van der Waals surface area contributed by atoms with Crippen LogP contribution in [-0.4, -0.2) is 66.6 Å². The summed E-state index contributed by atoms with van der Waals surface area (Å²) < 4.78 is 0. The molecule has 0 aromatic heterocycles. The van der Waals surface area contributed by atoms with Gasteiger partial charge in [0.15, 0.2) is 0 Å². The molecule has 38 heavy (non-hydrogen) atoms. The van der Waals surface area contributed by atoms with Gasteiger partial charge in [-0.1, -0.05) is 17.2 Å². The summed E-state index contributed by atoms with van der Waals surface area (Å²) in [7, 11) is 0. The minimum Gasteiger partial charge on any atom is -0.349 e. The maximum Gasteiger partial charge on any atom is 0.251 e. The number of nitrogens with zero attached hydrogens (tertiary/aromatic N) is 2. The molecule has 5 N–H and O–H groups in total. The lowest BCUT2D eigenvalue weighted by molar-refractivity contribution is -0.245. The maximum atomic E-state index is 13.1. The van der Waals surface area contributed by atoms with E-state index in [0.29, 0.717) is 36.8 Å². The minimum atomic E-state index is -0.441. The normalized spacial score (nSPS) is 23.7. The van der Waals surface area contributed by atoms with Crippen molar-refractivity contribution in [2.24, 2.45) is 0 Å². The van der Waals surface area contributed by atoms with E-state index in [0.717, 1.165) is 10.8 Å². The number of rotatable bonds is 4. The van der Waals surface area contributed by atoms with Crippen molar-refractivity contribution in [2.45, 2.75) is 115 Å². The summed E-state index contributed by atoms with van der Waals surface area (Å²) >= 11 is 0. The summed E-state index contributed by atoms with van der Waals surface area (Å²) in [5, 5.41) is 30.2. The Morgan fingerprint density at radius 3 is 1.42 bits per heavy atom. The standard InChI is InChI=1S/C30H44N4O4/c1-27(2)15-23(16-28(3,4)33(27)37)31-25(35)21-11-9-20-14-22(12-10-19(20)13-21)26(36)32-24-17-29(5,6)34(38)30(7,8)18-24/h9-14,23-24,37-38H,15-18H2,1-8H3,(H,31,35)(H,32,36)/p+1. The molecule has 2 fully saturated rings. The van der Waals surface area contributed by atoms with E-state index in [-0.39, 0.29) is 35.0 Å². The molecule has 2 heterocycles. The molecule has 0 unspecified atom stereocenters. The molecule has 8 nitrogen and oxygen atoms in total. The van der Waals surface area contributed by atoms with Crippen molar-refractivity contribution < 1.29 is 20.0 Å². The molecule has 2 saturated heterocycles. The predicted molar refractivity (Wildman–Crippen MR) is 150 cm³/mol. The zero-order chi connectivity index (χ0) is 28.3. The third kappa shape index (κ3) is 5.59. The largest absolute Gasteiger partial charge is 0.349 e. The van der Waals surface area contributed by atoms with Gasteiger partial charge in [-0.15, -0.1) is 0 Å². The molecular formula is C30H45N4O4+. The van der Waals surface area contributed by atoms with Crippen LogP contribution in [0.1, 0.15) is 102 Å². The Hall–Kier alpha value is -2.52. The van der Waals surface area contributed by atoms with E-state index in [9.17, 15) is 14.8 Å². The minimum absolute atomic E-state index is 0.0106. The van der Waals surface area contributed by atoms with E-state index in [1.807, 2.05) is 79.7 Å². The van der Waals surface area contributed by atoms with E-state index in [1.165, 1.54) is 5.06 Å². The highest BCUT2D eigenvalue weighted by Crippen LogP contribution is 2.38. The van der Waals surface area contributed by atoms with Gasteiger partial charge in [0.25, 0.3) is 11.8 Å². The highest BCUT2D eigenvalue weighted by atomic mass is 16.5. The fourth-order valence-corrected chi connectivity index (χ4v) is 6.82. The van der Waals surface area contributed by atoms with Crippen LogP contribution < -0.4 is 10.6 Å². The number of hydroxylamine groups is 4. The van der Waals surface area contributed by atoms with E-state index in [4.69, 9.17) is 5.21 Å². The summed E-state index contributed by atoms with van der Waals surface area (Å²) in [4.78, 5) is 26.2. The molecule has 208 valence electrons. The first-order chi connectivity index (χ1) is 17.4. The highest BCUT2D eigenvalue weighted by Gasteiger charge is 2.49. The SMILES string of the molecule is CC1(C)CC(NC(=O)c2ccc3cc(C(=O)NC4CC(C)(C)N([OH2+])C(C)(C)C4)ccc3c2)CC(C)(C)N1O. The Bertz CT molecular complexity index is 1100. The lowest BCUT2D eigenvalue weighted by Gasteiger charge is -2.51. The monoisotopic (exact) mass is 525 g/mol. The smallest absolute Gasteiger partial charge is 0.251 e. The van der Waals surface area contributed by atoms with Gasteiger partial charge in [-0.3, -0.25) is 9.59 Å². The Kier molecular flexibility index (Phi) is 7.19. The van der Waals surface area contributed by atoms with Gasteiger partial charge in [0.05, 0.1) is 11.1 Å². The fourth-order valence-electron chi connectivity index (χ4n) is 6.82. The van der Waals surface area contributed by atoms with Crippen LogP contribution in [0.2, 0.25) is 0 Å². The van der Waals surface area contributed by atoms with Crippen molar-refractivity contribution >= 4 is 22.6 Å². The molecule has 2 aliphatic rings. The number of amides is 2. The molecule has 2 amide bonds. The van der Waals surface area contributed by atoms with Gasteiger partial charge in [0.2, 0.25) is 0 Å². The van der Waals surface area contributed by atoms with Crippen LogP contribution in [0.15, 0.2) is 36.4 Å². The Labute approximate surface area is 226 Å². The van der Waals surface area contributed by atoms with Crippen LogP contribution in [0.4, 0.5) is 0 Å². The summed E-state index contributed by atoms with van der Waals surface area (Å²) in [6, 6.07) is 11.0. The molecule has 0 bridgehead atoms. The summed E-state index contributed by atoms with van der Waals surface area (Å²) in [6.45, 7) is 16.1. The van der Waals surface area contributed by atoms with E-state index >= 15 is 0 Å². The topological polar surface area (TPSA) is 108 Å². The average Bonchev–Trinajstić information content (AvgIpc) is 2.79. The number of carbonyl (C=O) groups excluding carboxylic acids is 2. The molecule has 8 heteroatoms. The van der Waals surface area contributed by atoms with E-state index < -0.39 is 11.1 Å². The average molecular weight is 526 g/mol. The van der Waals surface area contributed by atoms with Gasteiger partial charge >= 0.3 is 0 Å². The molecule has 0 aliphatic carbocycles. The summed E-state index contributed by atoms with van der Waals surface area (Å²) in [5.41, 5.74) is -0.392. The fraction of sp³-hybridized carbons (Fsp3) is 0.600. The van der Waals surface area contributed by atoms with Crippen molar-refractivity contribution in [3.63, 3.8) is 0 Å². The van der Waals surface area contributed by atoms with Gasteiger partial charge in [0.1, 0.15) is 0 Å². The number of piperidine rings is 2. The number of benzene rings is 2. The number of carbonyl (C=O) groups is 2. The molecule has 2 aliphatic heterocycles. The first kappa shape index (κ1) is 28.5. The summed E-state index contributed by atoms with van der Waals surface area (Å²) in [5.74, 6) is -0.258. The number of nitrogens with one attached hydrogen (secondary N) is 2. The van der Waals surface area contributed by atoms with Gasteiger partial charge < -0.3 is 21.0 Å².